The highest BCUT2D eigenvalue weighted by atomic mass is 16.5. The van der Waals surface area contributed by atoms with E-state index in [-0.39, 0.29) is 11.6 Å². The van der Waals surface area contributed by atoms with Crippen LogP contribution in [-0.2, 0) is 10.3 Å². The molecule has 3 rings (SSSR count). The van der Waals surface area contributed by atoms with Gasteiger partial charge < -0.3 is 14.9 Å². The molecule has 0 aliphatic carbocycles. The van der Waals surface area contributed by atoms with E-state index < -0.39 is 0 Å². The minimum Gasteiger partial charge on any atom is -0.458 e. The average molecular weight is 231 g/mol. The van der Waals surface area contributed by atoms with E-state index in [9.17, 15) is 0 Å². The van der Waals surface area contributed by atoms with Crippen LogP contribution in [0.2, 0.25) is 0 Å². The van der Waals surface area contributed by atoms with Gasteiger partial charge in [-0.25, -0.2) is 0 Å². The van der Waals surface area contributed by atoms with Crippen molar-refractivity contribution in [2.24, 2.45) is 5.73 Å². The van der Waals surface area contributed by atoms with Crippen LogP contribution in [0.1, 0.15) is 25.5 Å². The second-order valence-corrected chi connectivity index (χ2v) is 4.98. The second kappa shape index (κ2) is 3.86. The molecule has 0 radical (unpaired) electrons. The summed E-state index contributed by atoms with van der Waals surface area (Å²) in [5, 5.41) is 1.12. The van der Waals surface area contributed by atoms with E-state index in [0.29, 0.717) is 6.61 Å². The molecule has 1 aromatic carbocycles. The van der Waals surface area contributed by atoms with Crippen molar-refractivity contribution < 1.29 is 9.15 Å². The van der Waals surface area contributed by atoms with Crippen molar-refractivity contribution in [1.82, 2.24) is 0 Å². The molecule has 2 atom stereocenters. The van der Waals surface area contributed by atoms with E-state index in [1.807, 2.05) is 18.2 Å². The molecular formula is C14H17NO2. The lowest BCUT2D eigenvalue weighted by Gasteiger charge is -2.35. The first kappa shape index (κ1) is 10.8. The molecule has 2 N–H and O–H groups in total. The minimum absolute atomic E-state index is 0.196. The maximum Gasteiger partial charge on any atom is 0.136 e. The zero-order valence-corrected chi connectivity index (χ0v) is 9.98. The van der Waals surface area contributed by atoms with E-state index >= 15 is 0 Å². The molecule has 1 saturated heterocycles. The molecule has 3 heteroatoms. The summed E-state index contributed by atoms with van der Waals surface area (Å²) in [5.74, 6) is 0.883. The van der Waals surface area contributed by atoms with Gasteiger partial charge >= 0.3 is 0 Å². The Morgan fingerprint density at radius 1 is 1.35 bits per heavy atom. The lowest BCUT2D eigenvalue weighted by atomic mass is 9.90. The number of rotatable bonds is 1. The summed E-state index contributed by atoms with van der Waals surface area (Å²) in [6.45, 7) is 2.76. The minimum atomic E-state index is -0.378. The quantitative estimate of drug-likeness (QED) is 0.821. The topological polar surface area (TPSA) is 48.4 Å². The molecule has 2 heterocycles. The molecule has 1 aliphatic heterocycles. The zero-order chi connectivity index (χ0) is 11.9. The van der Waals surface area contributed by atoms with Gasteiger partial charge in [-0.05, 0) is 31.9 Å². The molecule has 0 saturated carbocycles. The number of hydrogen-bond acceptors (Lipinski definition) is 3. The van der Waals surface area contributed by atoms with Crippen LogP contribution >= 0.6 is 0 Å². The number of benzene rings is 1. The molecule has 2 unspecified atom stereocenters. The third-order valence-electron chi connectivity index (χ3n) is 3.51. The molecule has 0 amide bonds. The van der Waals surface area contributed by atoms with Gasteiger partial charge in [-0.2, -0.15) is 0 Å². The van der Waals surface area contributed by atoms with E-state index in [1.165, 1.54) is 0 Å². The summed E-state index contributed by atoms with van der Waals surface area (Å²) in [6.07, 6.45) is 1.74. The Bertz CT molecular complexity index is 501. The van der Waals surface area contributed by atoms with Gasteiger partial charge in [0.1, 0.15) is 16.9 Å². The van der Waals surface area contributed by atoms with Crippen molar-refractivity contribution in [3.8, 4) is 0 Å². The highest BCUT2D eigenvalue weighted by Gasteiger charge is 2.36. The van der Waals surface area contributed by atoms with Crippen molar-refractivity contribution >= 4 is 11.0 Å². The number of ether oxygens (including phenoxy) is 1. The Morgan fingerprint density at radius 3 is 2.94 bits per heavy atom. The smallest absolute Gasteiger partial charge is 0.136 e. The Labute approximate surface area is 101 Å². The molecule has 2 aromatic rings. The third kappa shape index (κ3) is 1.85. The van der Waals surface area contributed by atoms with Crippen LogP contribution < -0.4 is 5.73 Å². The van der Waals surface area contributed by atoms with Gasteiger partial charge in [0, 0.05) is 18.0 Å². The number of nitrogens with two attached hydrogens (primary N) is 1. The Morgan fingerprint density at radius 2 is 2.18 bits per heavy atom. The van der Waals surface area contributed by atoms with Crippen LogP contribution in [0.5, 0.6) is 0 Å². The summed E-state index contributed by atoms with van der Waals surface area (Å²) < 4.78 is 11.8. The van der Waals surface area contributed by atoms with Crippen LogP contribution in [-0.4, -0.2) is 12.6 Å². The molecule has 17 heavy (non-hydrogen) atoms. The van der Waals surface area contributed by atoms with Gasteiger partial charge in [0.15, 0.2) is 0 Å². The fourth-order valence-corrected chi connectivity index (χ4v) is 2.51. The van der Waals surface area contributed by atoms with E-state index in [0.717, 1.165) is 29.6 Å². The Kier molecular flexibility index (Phi) is 2.45. The first-order chi connectivity index (χ1) is 8.17. The predicted molar refractivity (Wildman–Crippen MR) is 66.7 cm³/mol. The van der Waals surface area contributed by atoms with E-state index in [1.54, 1.807) is 0 Å². The third-order valence-corrected chi connectivity index (χ3v) is 3.51. The predicted octanol–water partition coefficient (Wildman–Crippen LogP) is 2.79. The normalized spacial score (nSPS) is 29.6. The summed E-state index contributed by atoms with van der Waals surface area (Å²) >= 11 is 0. The highest BCUT2D eigenvalue weighted by molar-refractivity contribution is 5.77. The summed E-state index contributed by atoms with van der Waals surface area (Å²) in [6, 6.07) is 10.3. The first-order valence-electron chi connectivity index (χ1n) is 6.06. The van der Waals surface area contributed by atoms with Crippen molar-refractivity contribution in [3.63, 3.8) is 0 Å². The van der Waals surface area contributed by atoms with Crippen molar-refractivity contribution in [2.45, 2.75) is 31.4 Å². The molecular weight excluding hydrogens is 214 g/mol. The van der Waals surface area contributed by atoms with Crippen LogP contribution in [0.15, 0.2) is 34.7 Å². The van der Waals surface area contributed by atoms with Crippen LogP contribution in [0.25, 0.3) is 11.0 Å². The van der Waals surface area contributed by atoms with Gasteiger partial charge in [-0.1, -0.05) is 18.2 Å². The summed E-state index contributed by atoms with van der Waals surface area (Å²) in [7, 11) is 0. The largest absolute Gasteiger partial charge is 0.458 e. The number of hydrogen-bond donors (Lipinski definition) is 1. The Hall–Kier alpha value is -1.32. The number of furan rings is 1. The lowest BCUT2D eigenvalue weighted by Crippen LogP contribution is -2.40. The SMILES string of the molecule is CC1(c2cc3ccccc3o2)CC(N)CCO1. The van der Waals surface area contributed by atoms with Crippen molar-refractivity contribution in [3.05, 3.63) is 36.1 Å². The maximum absolute atomic E-state index is 6.02. The molecule has 0 bridgehead atoms. The van der Waals surface area contributed by atoms with Gasteiger partial charge in [0.25, 0.3) is 0 Å². The Balaban J connectivity index is 2.02. The van der Waals surface area contributed by atoms with E-state index in [2.05, 4.69) is 19.1 Å². The fraction of sp³-hybridized carbons (Fsp3) is 0.429. The first-order valence-corrected chi connectivity index (χ1v) is 6.06. The van der Waals surface area contributed by atoms with Crippen molar-refractivity contribution in [2.75, 3.05) is 6.61 Å². The standard InChI is InChI=1S/C14H17NO2/c1-14(9-11(15)6-7-16-14)13-8-10-4-2-3-5-12(10)17-13/h2-5,8,11H,6-7,9,15H2,1H3. The molecule has 0 spiro atoms. The van der Waals surface area contributed by atoms with Gasteiger partial charge in [0.2, 0.25) is 0 Å². The molecule has 1 aromatic heterocycles. The van der Waals surface area contributed by atoms with Gasteiger partial charge in [-0.3, -0.25) is 0 Å². The van der Waals surface area contributed by atoms with Crippen LogP contribution in [0, 0.1) is 0 Å². The van der Waals surface area contributed by atoms with Crippen LogP contribution in [0.4, 0.5) is 0 Å². The van der Waals surface area contributed by atoms with Crippen LogP contribution in [0.3, 0.4) is 0 Å². The summed E-state index contributed by atoms with van der Waals surface area (Å²) in [5.41, 5.74) is 6.55. The number of fused-ring (bicyclic) bond motifs is 1. The van der Waals surface area contributed by atoms with E-state index in [4.69, 9.17) is 14.9 Å². The van der Waals surface area contributed by atoms with Gasteiger partial charge in [0.05, 0.1) is 0 Å². The van der Waals surface area contributed by atoms with Crippen molar-refractivity contribution in [1.29, 1.82) is 0 Å². The lowest BCUT2D eigenvalue weighted by molar-refractivity contribution is -0.0885. The number of para-hydroxylation sites is 1. The fourth-order valence-electron chi connectivity index (χ4n) is 2.51. The molecule has 1 fully saturated rings. The second-order valence-electron chi connectivity index (χ2n) is 4.98. The molecule has 3 nitrogen and oxygen atoms in total. The molecule has 90 valence electrons. The van der Waals surface area contributed by atoms with Gasteiger partial charge in [-0.15, -0.1) is 0 Å². The zero-order valence-electron chi connectivity index (χ0n) is 9.98. The monoisotopic (exact) mass is 231 g/mol. The maximum atomic E-state index is 6.02. The molecule has 1 aliphatic rings. The summed E-state index contributed by atoms with van der Waals surface area (Å²) in [4.78, 5) is 0. The average Bonchev–Trinajstić information content (AvgIpc) is 2.73. The highest BCUT2D eigenvalue weighted by Crippen LogP contribution is 2.37.